The predicted octanol–water partition coefficient (Wildman–Crippen LogP) is 7.22. The summed E-state index contributed by atoms with van der Waals surface area (Å²) in [4.78, 5) is 15.5. The molecule has 0 radical (unpaired) electrons. The standard InChI is InChI=1S/C29H32FNO3/c1-3-33-27-17-28-24(25(18-34-28)20-10-12-22(30)13-11-20)16-23(27)19(2)15-29(32)31-14-6-8-21-7-4-5-9-26(21)31/h10-13,15-18,21,26H,3-9,14H2,1-2H3/b19-15+. The van der Waals surface area contributed by atoms with Gasteiger partial charge >= 0.3 is 0 Å². The van der Waals surface area contributed by atoms with E-state index >= 15 is 0 Å². The van der Waals surface area contributed by atoms with Crippen molar-refractivity contribution in [3.05, 3.63) is 60.1 Å². The molecule has 2 aromatic carbocycles. The molecule has 0 N–H and O–H groups in total. The highest BCUT2D eigenvalue weighted by Crippen LogP contribution is 2.39. The summed E-state index contributed by atoms with van der Waals surface area (Å²) in [6.07, 6.45) is 10.7. The van der Waals surface area contributed by atoms with Crippen molar-refractivity contribution in [3.8, 4) is 16.9 Å². The minimum atomic E-state index is -0.272. The van der Waals surface area contributed by atoms with Gasteiger partial charge in [-0.05, 0) is 74.8 Å². The Hall–Kier alpha value is -3.08. The number of nitrogens with zero attached hydrogens (tertiary/aromatic N) is 1. The molecule has 34 heavy (non-hydrogen) atoms. The smallest absolute Gasteiger partial charge is 0.247 e. The zero-order valence-electron chi connectivity index (χ0n) is 20.0. The van der Waals surface area contributed by atoms with E-state index in [-0.39, 0.29) is 11.7 Å². The Morgan fingerprint density at radius 2 is 1.91 bits per heavy atom. The summed E-state index contributed by atoms with van der Waals surface area (Å²) < 4.78 is 25.2. The van der Waals surface area contributed by atoms with Gasteiger partial charge in [0.25, 0.3) is 0 Å². The molecular weight excluding hydrogens is 429 g/mol. The van der Waals surface area contributed by atoms with E-state index < -0.39 is 0 Å². The molecule has 0 bridgehead atoms. The largest absolute Gasteiger partial charge is 0.493 e. The second-order valence-electron chi connectivity index (χ2n) is 9.55. The van der Waals surface area contributed by atoms with Crippen LogP contribution < -0.4 is 4.74 Å². The highest BCUT2D eigenvalue weighted by molar-refractivity contribution is 6.00. The highest BCUT2D eigenvalue weighted by atomic mass is 19.1. The molecule has 2 fully saturated rings. The van der Waals surface area contributed by atoms with Crippen molar-refractivity contribution in [1.29, 1.82) is 0 Å². The summed E-state index contributed by atoms with van der Waals surface area (Å²) in [6.45, 7) is 5.28. The number of ether oxygens (including phenoxy) is 1. The van der Waals surface area contributed by atoms with Crippen LogP contribution in [0.25, 0.3) is 27.7 Å². The maximum atomic E-state index is 13.4. The fourth-order valence-electron chi connectivity index (χ4n) is 5.74. The Balaban J connectivity index is 1.51. The van der Waals surface area contributed by atoms with Crippen molar-refractivity contribution in [1.82, 2.24) is 4.90 Å². The van der Waals surface area contributed by atoms with Gasteiger partial charge in [-0.25, -0.2) is 4.39 Å². The normalized spacial score (nSPS) is 20.9. The van der Waals surface area contributed by atoms with Gasteiger partial charge in [-0.1, -0.05) is 25.0 Å². The number of furan rings is 1. The van der Waals surface area contributed by atoms with Crippen LogP contribution in [-0.4, -0.2) is 30.0 Å². The van der Waals surface area contributed by atoms with E-state index in [1.165, 1.54) is 37.8 Å². The molecule has 1 saturated carbocycles. The number of halogens is 1. The van der Waals surface area contributed by atoms with E-state index in [1.807, 2.05) is 26.0 Å². The van der Waals surface area contributed by atoms with Crippen LogP contribution in [0.4, 0.5) is 4.39 Å². The number of carbonyl (C=O) groups is 1. The summed E-state index contributed by atoms with van der Waals surface area (Å²) in [5, 5.41) is 0.913. The molecule has 178 valence electrons. The van der Waals surface area contributed by atoms with Gasteiger partial charge < -0.3 is 14.1 Å². The Bertz CT molecular complexity index is 1210. The lowest BCUT2D eigenvalue weighted by Gasteiger charge is -2.43. The summed E-state index contributed by atoms with van der Waals surface area (Å²) in [5.41, 5.74) is 4.22. The topological polar surface area (TPSA) is 42.7 Å². The molecule has 5 rings (SSSR count). The molecule has 1 aliphatic carbocycles. The number of hydrogen-bond donors (Lipinski definition) is 0. The van der Waals surface area contributed by atoms with Crippen LogP contribution in [0.15, 0.2) is 53.2 Å². The third-order valence-corrected chi connectivity index (χ3v) is 7.42. The number of allylic oxidation sites excluding steroid dienone is 1. The molecule has 2 aliphatic rings. The summed E-state index contributed by atoms with van der Waals surface area (Å²) in [7, 11) is 0. The Morgan fingerprint density at radius 1 is 1.15 bits per heavy atom. The zero-order valence-corrected chi connectivity index (χ0v) is 20.0. The predicted molar refractivity (Wildman–Crippen MR) is 133 cm³/mol. The lowest BCUT2D eigenvalue weighted by molar-refractivity contribution is -0.132. The quantitative estimate of drug-likeness (QED) is 0.377. The third kappa shape index (κ3) is 4.36. The molecule has 2 atom stereocenters. The fraction of sp³-hybridized carbons (Fsp3) is 0.414. The molecule has 5 heteroatoms. The van der Waals surface area contributed by atoms with Crippen LogP contribution in [0.5, 0.6) is 5.75 Å². The zero-order chi connectivity index (χ0) is 23.7. The SMILES string of the molecule is CCOc1cc2occ(-c3ccc(F)cc3)c2cc1/C(C)=C/C(=O)N1CCCC2CCCCC21. The summed E-state index contributed by atoms with van der Waals surface area (Å²) in [5.74, 6) is 1.18. The van der Waals surface area contributed by atoms with E-state index in [0.717, 1.165) is 47.0 Å². The van der Waals surface area contributed by atoms with Crippen molar-refractivity contribution in [2.45, 2.75) is 58.4 Å². The minimum Gasteiger partial charge on any atom is -0.493 e. The Kier molecular flexibility index (Phi) is 6.44. The van der Waals surface area contributed by atoms with Crippen molar-refractivity contribution < 1.29 is 18.3 Å². The average molecular weight is 462 g/mol. The van der Waals surface area contributed by atoms with Gasteiger partial charge in [0.2, 0.25) is 5.91 Å². The minimum absolute atomic E-state index is 0.0996. The van der Waals surface area contributed by atoms with E-state index in [9.17, 15) is 9.18 Å². The van der Waals surface area contributed by atoms with Gasteiger partial charge in [0.05, 0.1) is 12.9 Å². The second-order valence-corrected chi connectivity index (χ2v) is 9.55. The van der Waals surface area contributed by atoms with Gasteiger partial charge in [-0.15, -0.1) is 0 Å². The van der Waals surface area contributed by atoms with Crippen molar-refractivity contribution in [3.63, 3.8) is 0 Å². The highest BCUT2D eigenvalue weighted by Gasteiger charge is 2.35. The van der Waals surface area contributed by atoms with Crippen LogP contribution >= 0.6 is 0 Å². The van der Waals surface area contributed by atoms with E-state index in [2.05, 4.69) is 4.90 Å². The van der Waals surface area contributed by atoms with Gasteiger partial charge in [0, 0.05) is 41.2 Å². The van der Waals surface area contributed by atoms with Gasteiger partial charge in [-0.2, -0.15) is 0 Å². The van der Waals surface area contributed by atoms with Gasteiger partial charge in [0.1, 0.15) is 17.1 Å². The number of amides is 1. The maximum Gasteiger partial charge on any atom is 0.247 e. The Labute approximate surface area is 200 Å². The molecular formula is C29H32FNO3. The molecule has 1 aromatic heterocycles. The van der Waals surface area contributed by atoms with Crippen LogP contribution in [0.2, 0.25) is 0 Å². The number of piperidine rings is 1. The molecule has 2 unspecified atom stereocenters. The third-order valence-electron chi connectivity index (χ3n) is 7.42. The molecule has 2 heterocycles. The number of likely N-dealkylation sites (tertiary alicyclic amines) is 1. The molecule has 4 nitrogen and oxygen atoms in total. The van der Waals surface area contributed by atoms with Crippen molar-refractivity contribution in [2.75, 3.05) is 13.2 Å². The van der Waals surface area contributed by atoms with Crippen molar-refractivity contribution in [2.24, 2.45) is 5.92 Å². The van der Waals surface area contributed by atoms with E-state index in [0.29, 0.717) is 29.9 Å². The number of fused-ring (bicyclic) bond motifs is 2. The first kappa shape index (κ1) is 22.7. The monoisotopic (exact) mass is 461 g/mol. The lowest BCUT2D eigenvalue weighted by Crippen LogP contribution is -2.49. The van der Waals surface area contributed by atoms with E-state index in [1.54, 1.807) is 24.5 Å². The fourth-order valence-corrected chi connectivity index (χ4v) is 5.74. The first-order valence-electron chi connectivity index (χ1n) is 12.5. The number of benzene rings is 2. The Morgan fingerprint density at radius 3 is 2.71 bits per heavy atom. The van der Waals surface area contributed by atoms with E-state index in [4.69, 9.17) is 9.15 Å². The summed E-state index contributed by atoms with van der Waals surface area (Å²) >= 11 is 0. The van der Waals surface area contributed by atoms with Crippen LogP contribution in [0.3, 0.4) is 0 Å². The molecule has 1 amide bonds. The molecule has 1 aliphatic heterocycles. The number of carbonyl (C=O) groups excluding carboxylic acids is 1. The maximum absolute atomic E-state index is 13.4. The van der Waals surface area contributed by atoms with Crippen LogP contribution in [-0.2, 0) is 4.79 Å². The number of hydrogen-bond acceptors (Lipinski definition) is 3. The summed E-state index contributed by atoms with van der Waals surface area (Å²) in [6, 6.07) is 10.7. The molecule has 3 aromatic rings. The van der Waals surface area contributed by atoms with Crippen LogP contribution in [0, 0.1) is 11.7 Å². The lowest BCUT2D eigenvalue weighted by atomic mass is 9.78. The molecule has 1 saturated heterocycles. The second kappa shape index (κ2) is 9.65. The van der Waals surface area contributed by atoms with Crippen LogP contribution in [0.1, 0.15) is 57.9 Å². The van der Waals surface area contributed by atoms with Gasteiger partial charge in [0.15, 0.2) is 0 Å². The first-order valence-corrected chi connectivity index (χ1v) is 12.5. The molecule has 0 spiro atoms. The first-order chi connectivity index (χ1) is 16.5. The van der Waals surface area contributed by atoms with Crippen molar-refractivity contribution >= 4 is 22.4 Å². The number of rotatable bonds is 5. The average Bonchev–Trinajstić information content (AvgIpc) is 3.26. The van der Waals surface area contributed by atoms with Gasteiger partial charge in [-0.3, -0.25) is 4.79 Å².